The molecule has 0 radical (unpaired) electrons. The minimum absolute atomic E-state index is 0.0111. The second kappa shape index (κ2) is 7.45. The van der Waals surface area contributed by atoms with E-state index in [4.69, 9.17) is 11.6 Å². The van der Waals surface area contributed by atoms with Crippen LogP contribution in [0.5, 0.6) is 0 Å². The molecule has 132 valence electrons. The molecule has 0 atom stereocenters. The number of benzene rings is 2. The molecule has 0 aliphatic carbocycles. The molecule has 1 fully saturated rings. The zero-order valence-corrected chi connectivity index (χ0v) is 15.2. The highest BCUT2D eigenvalue weighted by Crippen LogP contribution is 2.20. The Morgan fingerprint density at radius 3 is 2.32 bits per heavy atom. The van der Waals surface area contributed by atoms with Crippen LogP contribution in [-0.2, 0) is 15.8 Å². The van der Waals surface area contributed by atoms with Crippen LogP contribution in [0.15, 0.2) is 48.5 Å². The van der Waals surface area contributed by atoms with Crippen molar-refractivity contribution < 1.29 is 13.2 Å². The lowest BCUT2D eigenvalue weighted by Crippen LogP contribution is -2.27. The number of nitrogens with one attached hydrogen (secondary N) is 1. The van der Waals surface area contributed by atoms with Gasteiger partial charge in [-0.25, -0.2) is 8.42 Å². The van der Waals surface area contributed by atoms with E-state index in [0.717, 1.165) is 25.9 Å². The van der Waals surface area contributed by atoms with Crippen molar-refractivity contribution >= 4 is 33.2 Å². The Kier molecular flexibility index (Phi) is 5.30. The molecule has 1 saturated heterocycles. The number of rotatable bonds is 5. The third kappa shape index (κ3) is 4.52. The molecular weight excluding hydrogens is 360 g/mol. The molecule has 1 aliphatic heterocycles. The first-order valence-corrected chi connectivity index (χ1v) is 10.1. The van der Waals surface area contributed by atoms with Gasteiger partial charge in [-0.05, 0) is 48.7 Å². The van der Waals surface area contributed by atoms with Crippen LogP contribution in [0, 0.1) is 0 Å². The fourth-order valence-electron chi connectivity index (χ4n) is 2.82. The lowest BCUT2D eigenvalue weighted by atomic mass is 10.2. The van der Waals surface area contributed by atoms with Gasteiger partial charge in [-0.15, -0.1) is 0 Å². The van der Waals surface area contributed by atoms with Crippen LogP contribution >= 0.6 is 11.6 Å². The molecule has 1 aliphatic rings. The predicted octanol–water partition coefficient (Wildman–Crippen LogP) is 3.52. The minimum atomic E-state index is -3.59. The van der Waals surface area contributed by atoms with Crippen LogP contribution in [0.4, 0.5) is 5.69 Å². The number of sulfonamides is 1. The van der Waals surface area contributed by atoms with Crippen LogP contribution < -0.4 is 4.72 Å². The van der Waals surface area contributed by atoms with E-state index >= 15 is 0 Å². The van der Waals surface area contributed by atoms with Gasteiger partial charge in [0.2, 0.25) is 10.0 Å². The molecule has 1 heterocycles. The molecule has 0 bridgehead atoms. The normalized spacial score (nSPS) is 14.5. The van der Waals surface area contributed by atoms with E-state index in [9.17, 15) is 13.2 Å². The van der Waals surface area contributed by atoms with Gasteiger partial charge in [0.25, 0.3) is 5.91 Å². The molecule has 1 amide bonds. The zero-order chi connectivity index (χ0) is 17.9. The molecular formula is C18H19ClN2O3S. The second-order valence-electron chi connectivity index (χ2n) is 6.03. The van der Waals surface area contributed by atoms with Crippen LogP contribution in [0.25, 0.3) is 0 Å². The van der Waals surface area contributed by atoms with Crippen molar-refractivity contribution in [2.45, 2.75) is 18.6 Å². The summed E-state index contributed by atoms with van der Waals surface area (Å²) in [6.07, 6.45) is 2.07. The molecule has 0 saturated carbocycles. The second-order valence-corrected chi connectivity index (χ2v) is 8.16. The Hall–Kier alpha value is -2.05. The van der Waals surface area contributed by atoms with Crippen molar-refractivity contribution in [1.82, 2.24) is 4.90 Å². The van der Waals surface area contributed by atoms with E-state index in [-0.39, 0.29) is 11.7 Å². The molecule has 2 aromatic rings. The summed E-state index contributed by atoms with van der Waals surface area (Å²) in [6.45, 7) is 1.57. The first-order chi connectivity index (χ1) is 11.9. The highest BCUT2D eigenvalue weighted by atomic mass is 35.5. The van der Waals surface area contributed by atoms with Gasteiger partial charge >= 0.3 is 0 Å². The smallest absolute Gasteiger partial charge is 0.253 e. The number of carbonyl (C=O) groups is 1. The van der Waals surface area contributed by atoms with Crippen LogP contribution in [-0.4, -0.2) is 32.3 Å². The highest BCUT2D eigenvalue weighted by molar-refractivity contribution is 7.91. The molecule has 5 nitrogen and oxygen atoms in total. The first-order valence-electron chi connectivity index (χ1n) is 8.08. The average molecular weight is 379 g/mol. The van der Waals surface area contributed by atoms with E-state index in [1.165, 1.54) is 0 Å². The van der Waals surface area contributed by atoms with E-state index in [2.05, 4.69) is 4.72 Å². The van der Waals surface area contributed by atoms with E-state index < -0.39 is 10.0 Å². The first kappa shape index (κ1) is 17.8. The third-order valence-electron chi connectivity index (χ3n) is 4.10. The Balaban J connectivity index is 1.68. The van der Waals surface area contributed by atoms with E-state index in [1.54, 1.807) is 48.5 Å². The summed E-state index contributed by atoms with van der Waals surface area (Å²) in [5.74, 6) is -0.218. The lowest BCUT2D eigenvalue weighted by Gasteiger charge is -2.15. The minimum Gasteiger partial charge on any atom is -0.339 e. The zero-order valence-electron chi connectivity index (χ0n) is 13.6. The monoisotopic (exact) mass is 378 g/mol. The van der Waals surface area contributed by atoms with Gasteiger partial charge in [-0.3, -0.25) is 9.52 Å². The van der Waals surface area contributed by atoms with Crippen molar-refractivity contribution in [3.63, 3.8) is 0 Å². The van der Waals surface area contributed by atoms with Gasteiger partial charge in [-0.1, -0.05) is 29.8 Å². The van der Waals surface area contributed by atoms with Gasteiger partial charge in [0.15, 0.2) is 0 Å². The molecule has 0 aromatic heterocycles. The Bertz CT molecular complexity index is 860. The number of halogens is 1. The Morgan fingerprint density at radius 2 is 1.68 bits per heavy atom. The maximum atomic E-state index is 12.3. The number of carbonyl (C=O) groups excluding carboxylic acids is 1. The largest absolute Gasteiger partial charge is 0.339 e. The van der Waals surface area contributed by atoms with Crippen molar-refractivity contribution in [2.24, 2.45) is 0 Å². The summed E-state index contributed by atoms with van der Waals surface area (Å²) in [6, 6.07) is 13.3. The summed E-state index contributed by atoms with van der Waals surface area (Å²) < 4.78 is 27.1. The number of anilines is 1. The van der Waals surface area contributed by atoms with Gasteiger partial charge < -0.3 is 4.90 Å². The highest BCUT2D eigenvalue weighted by Gasteiger charge is 2.19. The average Bonchev–Trinajstić information content (AvgIpc) is 3.11. The van der Waals surface area contributed by atoms with Crippen molar-refractivity contribution in [3.8, 4) is 0 Å². The lowest BCUT2D eigenvalue weighted by molar-refractivity contribution is 0.0793. The van der Waals surface area contributed by atoms with Gasteiger partial charge in [0.05, 0.1) is 5.75 Å². The van der Waals surface area contributed by atoms with Crippen molar-refractivity contribution in [1.29, 1.82) is 0 Å². The number of likely N-dealkylation sites (tertiary alicyclic amines) is 1. The van der Waals surface area contributed by atoms with E-state index in [0.29, 0.717) is 21.8 Å². The van der Waals surface area contributed by atoms with Crippen molar-refractivity contribution in [2.75, 3.05) is 17.8 Å². The van der Waals surface area contributed by atoms with Crippen LogP contribution in [0.3, 0.4) is 0 Å². The van der Waals surface area contributed by atoms with Gasteiger partial charge in [-0.2, -0.15) is 0 Å². The summed E-state index contributed by atoms with van der Waals surface area (Å²) in [5, 5.41) is 0.416. The Morgan fingerprint density at radius 1 is 1.04 bits per heavy atom. The number of nitrogens with zero attached hydrogens (tertiary/aromatic N) is 1. The van der Waals surface area contributed by atoms with Crippen LogP contribution in [0.2, 0.25) is 5.02 Å². The molecule has 0 unspecified atom stereocenters. The predicted molar refractivity (Wildman–Crippen MR) is 99.3 cm³/mol. The molecule has 0 spiro atoms. The van der Waals surface area contributed by atoms with Gasteiger partial charge in [0, 0.05) is 29.4 Å². The fraction of sp³-hybridized carbons (Fsp3) is 0.278. The maximum Gasteiger partial charge on any atom is 0.253 e. The molecule has 25 heavy (non-hydrogen) atoms. The van der Waals surface area contributed by atoms with E-state index in [1.807, 2.05) is 4.90 Å². The quantitative estimate of drug-likeness (QED) is 0.865. The topological polar surface area (TPSA) is 66.5 Å². The van der Waals surface area contributed by atoms with Gasteiger partial charge in [0.1, 0.15) is 0 Å². The Labute approximate surface area is 152 Å². The molecule has 3 rings (SSSR count). The standard InChI is InChI=1S/C18H19ClN2O3S/c19-17-6-2-1-5-15(17)13-25(23,24)20-16-9-7-14(8-10-16)18(22)21-11-3-4-12-21/h1-2,5-10,20H,3-4,11-13H2. The summed E-state index contributed by atoms with van der Waals surface area (Å²) in [5.41, 5.74) is 1.53. The third-order valence-corrected chi connectivity index (χ3v) is 5.71. The molecule has 7 heteroatoms. The molecule has 1 N–H and O–H groups in total. The number of hydrogen-bond acceptors (Lipinski definition) is 3. The van der Waals surface area contributed by atoms with Crippen molar-refractivity contribution in [3.05, 3.63) is 64.7 Å². The SMILES string of the molecule is O=C(c1ccc(NS(=O)(=O)Cc2ccccc2Cl)cc1)N1CCCC1. The summed E-state index contributed by atoms with van der Waals surface area (Å²) >= 11 is 6.02. The van der Waals surface area contributed by atoms with Crippen LogP contribution in [0.1, 0.15) is 28.8 Å². The number of amides is 1. The molecule has 2 aromatic carbocycles. The maximum absolute atomic E-state index is 12.3. The fourth-order valence-corrected chi connectivity index (χ4v) is 4.33. The summed E-state index contributed by atoms with van der Waals surface area (Å²) in [4.78, 5) is 14.1. The number of hydrogen-bond donors (Lipinski definition) is 1. The summed E-state index contributed by atoms with van der Waals surface area (Å²) in [7, 11) is -3.59.